The number of carbonyl (C=O) groups excluding carboxylic acids is 2. The van der Waals surface area contributed by atoms with Crippen LogP contribution in [0.1, 0.15) is 42.3 Å². The van der Waals surface area contributed by atoms with Gasteiger partial charge in [0.2, 0.25) is 0 Å². The van der Waals surface area contributed by atoms with Crippen LogP contribution in [0.25, 0.3) is 5.69 Å². The van der Waals surface area contributed by atoms with Crippen LogP contribution >= 0.6 is 0 Å². The first-order valence-electron chi connectivity index (χ1n) is 10.1. The van der Waals surface area contributed by atoms with Crippen LogP contribution in [0.2, 0.25) is 0 Å². The fraction of sp³-hybridized carbons (Fsp3) is 0.364. The van der Waals surface area contributed by atoms with Crippen LogP contribution in [0.5, 0.6) is 0 Å². The van der Waals surface area contributed by atoms with Crippen LogP contribution in [-0.2, 0) is 20.9 Å². The van der Waals surface area contributed by atoms with Gasteiger partial charge in [0.1, 0.15) is 5.82 Å². The van der Waals surface area contributed by atoms with Gasteiger partial charge in [0.15, 0.2) is 6.61 Å². The molecule has 0 atom stereocenters. The first-order valence-corrected chi connectivity index (χ1v) is 10.1. The number of ether oxygens (including phenoxy) is 1. The van der Waals surface area contributed by atoms with Crippen molar-refractivity contribution in [2.45, 2.75) is 45.6 Å². The highest BCUT2D eigenvalue weighted by molar-refractivity contribution is 5.92. The van der Waals surface area contributed by atoms with Gasteiger partial charge >= 0.3 is 5.97 Å². The molecule has 2 heterocycles. The molecule has 8 heteroatoms. The third-order valence-corrected chi connectivity index (χ3v) is 4.99. The normalized spacial score (nSPS) is 13.3. The molecule has 1 aliphatic carbocycles. The maximum atomic E-state index is 12.4. The standard InChI is InChI=1S/C22H25N5O3/c1-15-12-16(2)26(24-15)11-10-22(29)30-14-21(28)23-20-13-19(17-8-9-17)25-27(20)18-6-4-3-5-7-18/h3-7,12-13,17H,8-11,14H2,1-2H3,(H,23,28). The summed E-state index contributed by atoms with van der Waals surface area (Å²) in [7, 11) is 0. The summed E-state index contributed by atoms with van der Waals surface area (Å²) in [5.74, 6) is 0.200. The molecule has 3 aromatic rings. The quantitative estimate of drug-likeness (QED) is 0.579. The Bertz CT molecular complexity index is 1050. The van der Waals surface area contributed by atoms with Gasteiger partial charge in [0, 0.05) is 17.7 Å². The van der Waals surface area contributed by atoms with E-state index in [1.165, 1.54) is 0 Å². The molecule has 156 valence electrons. The highest BCUT2D eigenvalue weighted by Crippen LogP contribution is 2.40. The lowest BCUT2D eigenvalue weighted by atomic mass is 10.3. The zero-order valence-electron chi connectivity index (χ0n) is 17.2. The van der Waals surface area contributed by atoms with Crippen LogP contribution in [0.4, 0.5) is 5.82 Å². The lowest BCUT2D eigenvalue weighted by Crippen LogP contribution is -2.23. The van der Waals surface area contributed by atoms with Crippen LogP contribution in [0.3, 0.4) is 0 Å². The minimum atomic E-state index is -0.437. The summed E-state index contributed by atoms with van der Waals surface area (Å²) in [5.41, 5.74) is 3.72. The average molecular weight is 407 g/mol. The number of aromatic nitrogens is 4. The molecule has 8 nitrogen and oxygen atoms in total. The van der Waals surface area contributed by atoms with Crippen molar-refractivity contribution in [1.82, 2.24) is 19.6 Å². The Kier molecular flexibility index (Phi) is 5.65. The van der Waals surface area contributed by atoms with Gasteiger partial charge in [-0.2, -0.15) is 10.2 Å². The third kappa shape index (κ3) is 4.76. The molecular formula is C22H25N5O3. The monoisotopic (exact) mass is 407 g/mol. The van der Waals surface area contributed by atoms with Gasteiger partial charge in [0.05, 0.1) is 30.0 Å². The van der Waals surface area contributed by atoms with Crippen molar-refractivity contribution in [2.24, 2.45) is 0 Å². The molecule has 1 N–H and O–H groups in total. The third-order valence-electron chi connectivity index (χ3n) is 4.99. The maximum Gasteiger partial charge on any atom is 0.308 e. The molecule has 1 saturated carbocycles. The Labute approximate surface area is 174 Å². The van der Waals surface area contributed by atoms with E-state index in [4.69, 9.17) is 4.74 Å². The number of hydrogen-bond donors (Lipinski definition) is 1. The van der Waals surface area contributed by atoms with E-state index in [1.807, 2.05) is 56.3 Å². The summed E-state index contributed by atoms with van der Waals surface area (Å²) in [6.07, 6.45) is 2.39. The van der Waals surface area contributed by atoms with Crippen LogP contribution in [0.15, 0.2) is 42.5 Å². The summed E-state index contributed by atoms with van der Waals surface area (Å²) >= 11 is 0. The minimum Gasteiger partial charge on any atom is -0.456 e. The molecule has 0 spiro atoms. The lowest BCUT2D eigenvalue weighted by Gasteiger charge is -2.09. The van der Waals surface area contributed by atoms with Crippen molar-refractivity contribution in [2.75, 3.05) is 11.9 Å². The summed E-state index contributed by atoms with van der Waals surface area (Å²) in [4.78, 5) is 24.4. The van der Waals surface area contributed by atoms with Crippen molar-refractivity contribution in [1.29, 1.82) is 0 Å². The van der Waals surface area contributed by atoms with Crippen molar-refractivity contribution in [3.8, 4) is 5.69 Å². The number of nitrogens with one attached hydrogen (secondary N) is 1. The second kappa shape index (κ2) is 8.52. The second-order valence-corrected chi connectivity index (χ2v) is 7.59. The first-order chi connectivity index (χ1) is 14.5. The predicted octanol–water partition coefficient (Wildman–Crippen LogP) is 3.14. The Morgan fingerprint density at radius 1 is 1.13 bits per heavy atom. The van der Waals surface area contributed by atoms with Gasteiger partial charge < -0.3 is 10.1 Å². The summed E-state index contributed by atoms with van der Waals surface area (Å²) in [5, 5.41) is 11.8. The molecule has 2 aromatic heterocycles. The number of amides is 1. The van der Waals surface area contributed by atoms with Gasteiger partial charge in [-0.15, -0.1) is 0 Å². The number of nitrogens with zero attached hydrogens (tertiary/aromatic N) is 4. The largest absolute Gasteiger partial charge is 0.456 e. The van der Waals surface area contributed by atoms with E-state index in [2.05, 4.69) is 15.5 Å². The summed E-state index contributed by atoms with van der Waals surface area (Å²) < 4.78 is 8.61. The highest BCUT2D eigenvalue weighted by atomic mass is 16.5. The Balaban J connectivity index is 1.33. The van der Waals surface area contributed by atoms with Crippen LogP contribution in [-0.4, -0.2) is 38.0 Å². The molecule has 1 fully saturated rings. The van der Waals surface area contributed by atoms with Crippen molar-refractivity contribution in [3.63, 3.8) is 0 Å². The molecule has 1 aliphatic rings. The van der Waals surface area contributed by atoms with Gasteiger partial charge in [-0.05, 0) is 44.9 Å². The van der Waals surface area contributed by atoms with Gasteiger partial charge in [-0.1, -0.05) is 18.2 Å². The fourth-order valence-electron chi connectivity index (χ4n) is 3.33. The number of aryl methyl sites for hydroxylation is 3. The number of esters is 1. The van der Waals surface area contributed by atoms with E-state index in [0.29, 0.717) is 18.3 Å². The second-order valence-electron chi connectivity index (χ2n) is 7.59. The Morgan fingerprint density at radius 3 is 2.57 bits per heavy atom. The zero-order valence-corrected chi connectivity index (χ0v) is 17.2. The molecular weight excluding hydrogens is 382 g/mol. The fourth-order valence-corrected chi connectivity index (χ4v) is 3.33. The average Bonchev–Trinajstić information content (AvgIpc) is 3.42. The lowest BCUT2D eigenvalue weighted by molar-refractivity contribution is -0.147. The predicted molar refractivity (Wildman–Crippen MR) is 111 cm³/mol. The summed E-state index contributed by atoms with van der Waals surface area (Å²) in [6, 6.07) is 13.5. The zero-order chi connectivity index (χ0) is 21.1. The van der Waals surface area contributed by atoms with E-state index >= 15 is 0 Å². The Hall–Kier alpha value is -3.42. The minimum absolute atomic E-state index is 0.156. The molecule has 0 bridgehead atoms. The van der Waals surface area contributed by atoms with E-state index < -0.39 is 11.9 Å². The first kappa shape index (κ1) is 19.9. The van der Waals surface area contributed by atoms with E-state index in [9.17, 15) is 9.59 Å². The van der Waals surface area contributed by atoms with E-state index in [-0.39, 0.29) is 13.0 Å². The number of anilines is 1. The van der Waals surface area contributed by atoms with Crippen molar-refractivity contribution in [3.05, 3.63) is 59.5 Å². The molecule has 1 amide bonds. The Morgan fingerprint density at radius 2 is 1.90 bits per heavy atom. The van der Waals surface area contributed by atoms with E-state index in [1.54, 1.807) is 9.36 Å². The molecule has 30 heavy (non-hydrogen) atoms. The van der Waals surface area contributed by atoms with Gasteiger partial charge in [-0.3, -0.25) is 14.3 Å². The summed E-state index contributed by atoms with van der Waals surface area (Å²) in [6.45, 7) is 3.92. The molecule has 0 radical (unpaired) electrons. The topological polar surface area (TPSA) is 91.0 Å². The van der Waals surface area contributed by atoms with E-state index in [0.717, 1.165) is 35.6 Å². The SMILES string of the molecule is Cc1cc(C)n(CCC(=O)OCC(=O)Nc2cc(C3CC3)nn2-c2ccccc2)n1. The molecule has 0 aliphatic heterocycles. The molecule has 0 unspecified atom stereocenters. The molecule has 0 saturated heterocycles. The van der Waals surface area contributed by atoms with Gasteiger partial charge in [0.25, 0.3) is 5.91 Å². The van der Waals surface area contributed by atoms with Crippen molar-refractivity contribution < 1.29 is 14.3 Å². The molecule has 1 aromatic carbocycles. The smallest absolute Gasteiger partial charge is 0.308 e. The van der Waals surface area contributed by atoms with Gasteiger partial charge in [-0.25, -0.2) is 4.68 Å². The number of hydrogen-bond acceptors (Lipinski definition) is 5. The maximum absolute atomic E-state index is 12.4. The molecule has 4 rings (SSSR count). The van der Waals surface area contributed by atoms with Crippen molar-refractivity contribution >= 4 is 17.7 Å². The number of para-hydroxylation sites is 1. The van der Waals surface area contributed by atoms with Crippen LogP contribution in [0, 0.1) is 13.8 Å². The highest BCUT2D eigenvalue weighted by Gasteiger charge is 2.28. The number of carbonyl (C=O) groups is 2. The number of benzene rings is 1. The van der Waals surface area contributed by atoms with Crippen LogP contribution < -0.4 is 5.32 Å². The number of rotatable bonds is 8.